The molecule has 2 aromatic carbocycles. The topological polar surface area (TPSA) is 78.7 Å². The summed E-state index contributed by atoms with van der Waals surface area (Å²) < 4.78 is 1.08. The van der Waals surface area contributed by atoms with Crippen molar-refractivity contribution in [2.75, 3.05) is 26.2 Å². The number of carboxylic acid groups (broad SMARTS) is 1. The Hall–Kier alpha value is -3.16. The molecule has 2 heterocycles. The minimum absolute atomic E-state index is 0.143. The predicted molar refractivity (Wildman–Crippen MR) is 125 cm³/mol. The second-order valence-corrected chi connectivity index (χ2v) is 7.58. The zero-order chi connectivity index (χ0) is 23.1. The Morgan fingerprint density at radius 1 is 0.969 bits per heavy atom. The molecule has 3 aromatic rings. The lowest BCUT2D eigenvalue weighted by Gasteiger charge is -2.34. The van der Waals surface area contributed by atoms with E-state index in [2.05, 4.69) is 34.3 Å². The summed E-state index contributed by atoms with van der Waals surface area (Å²) in [7, 11) is 0. The van der Waals surface area contributed by atoms with Crippen molar-refractivity contribution >= 4 is 23.6 Å². The molecule has 0 atom stereocenters. The Balaban J connectivity index is 0.00000141. The standard InChI is InChI=1S/C22H21ClN4O3.C2H6/c23-19-14-17(16-4-2-1-3-5-16)6-7-18(19)15-25-10-12-26(13-11-25)22(30)27-9-8-20(24-27)21(28)29;1-2/h1-9,14H,10-13,15H2,(H,28,29);1-2H3. The van der Waals surface area contributed by atoms with Crippen LogP contribution in [0.2, 0.25) is 5.02 Å². The van der Waals surface area contributed by atoms with E-state index < -0.39 is 5.97 Å². The largest absolute Gasteiger partial charge is 0.476 e. The second-order valence-electron chi connectivity index (χ2n) is 7.17. The van der Waals surface area contributed by atoms with Crippen LogP contribution >= 0.6 is 11.6 Å². The Labute approximate surface area is 192 Å². The SMILES string of the molecule is CC.O=C(O)c1ccn(C(=O)N2CCN(Cc3ccc(-c4ccccc4)cc3Cl)CC2)n1. The fourth-order valence-electron chi connectivity index (χ4n) is 3.51. The van der Waals surface area contributed by atoms with Crippen molar-refractivity contribution in [3.8, 4) is 11.1 Å². The van der Waals surface area contributed by atoms with Crippen molar-refractivity contribution in [3.05, 3.63) is 77.1 Å². The molecule has 1 saturated heterocycles. The summed E-state index contributed by atoms with van der Waals surface area (Å²) in [4.78, 5) is 27.4. The van der Waals surface area contributed by atoms with Gasteiger partial charge in [-0.2, -0.15) is 9.78 Å². The molecule has 0 saturated carbocycles. The normalized spacial score (nSPS) is 13.9. The van der Waals surface area contributed by atoms with Gasteiger partial charge in [0, 0.05) is 43.9 Å². The number of nitrogens with zero attached hydrogens (tertiary/aromatic N) is 4. The highest BCUT2D eigenvalue weighted by Gasteiger charge is 2.24. The zero-order valence-corrected chi connectivity index (χ0v) is 19.0. The molecule has 0 bridgehead atoms. The molecule has 1 aliphatic rings. The molecular formula is C24H27ClN4O3. The van der Waals surface area contributed by atoms with Crippen LogP contribution in [0.4, 0.5) is 4.79 Å². The Kier molecular flexibility index (Phi) is 8.03. The van der Waals surface area contributed by atoms with Crippen LogP contribution in [-0.2, 0) is 6.54 Å². The summed E-state index contributed by atoms with van der Waals surface area (Å²) in [5, 5.41) is 13.5. The average molecular weight is 455 g/mol. The van der Waals surface area contributed by atoms with E-state index in [1.807, 2.05) is 38.1 Å². The van der Waals surface area contributed by atoms with Crippen molar-refractivity contribution in [3.63, 3.8) is 0 Å². The number of rotatable bonds is 4. The predicted octanol–water partition coefficient (Wildman–Crippen LogP) is 4.71. The molecule has 0 radical (unpaired) electrons. The summed E-state index contributed by atoms with van der Waals surface area (Å²) >= 11 is 6.53. The van der Waals surface area contributed by atoms with Crippen molar-refractivity contribution in [1.29, 1.82) is 0 Å². The number of halogens is 1. The molecule has 0 spiro atoms. The van der Waals surface area contributed by atoms with E-state index in [1.165, 1.54) is 12.3 Å². The highest BCUT2D eigenvalue weighted by atomic mass is 35.5. The minimum atomic E-state index is -1.15. The molecule has 168 valence electrons. The van der Waals surface area contributed by atoms with Gasteiger partial charge in [-0.1, -0.05) is 67.9 Å². The van der Waals surface area contributed by atoms with Crippen LogP contribution in [0.25, 0.3) is 11.1 Å². The van der Waals surface area contributed by atoms with Crippen LogP contribution < -0.4 is 0 Å². The number of piperazine rings is 1. The quantitative estimate of drug-likeness (QED) is 0.617. The average Bonchev–Trinajstić information content (AvgIpc) is 3.33. The first-order chi connectivity index (χ1) is 15.5. The van der Waals surface area contributed by atoms with Crippen molar-refractivity contribution in [2.45, 2.75) is 20.4 Å². The molecular weight excluding hydrogens is 428 g/mol. The summed E-state index contributed by atoms with van der Waals surface area (Å²) in [6, 6.07) is 17.2. The molecule has 1 aliphatic heterocycles. The number of aromatic carboxylic acids is 1. The van der Waals surface area contributed by atoms with Gasteiger partial charge in [0.25, 0.3) is 0 Å². The van der Waals surface area contributed by atoms with Gasteiger partial charge in [0.15, 0.2) is 5.69 Å². The van der Waals surface area contributed by atoms with E-state index in [0.717, 1.165) is 26.4 Å². The van der Waals surface area contributed by atoms with E-state index in [-0.39, 0.29) is 11.7 Å². The molecule has 8 heteroatoms. The smallest absolute Gasteiger partial charge is 0.356 e. The molecule has 1 N–H and O–H groups in total. The van der Waals surface area contributed by atoms with Gasteiger partial charge in [-0.25, -0.2) is 9.59 Å². The van der Waals surface area contributed by atoms with Crippen LogP contribution in [0.15, 0.2) is 60.8 Å². The van der Waals surface area contributed by atoms with E-state index in [1.54, 1.807) is 4.90 Å². The van der Waals surface area contributed by atoms with Crippen LogP contribution in [0.1, 0.15) is 29.9 Å². The van der Waals surface area contributed by atoms with E-state index in [4.69, 9.17) is 16.7 Å². The molecule has 1 aromatic heterocycles. The summed E-state index contributed by atoms with van der Waals surface area (Å²) in [5.41, 5.74) is 3.12. The monoisotopic (exact) mass is 454 g/mol. The third kappa shape index (κ3) is 5.55. The number of carbonyl (C=O) groups excluding carboxylic acids is 1. The molecule has 1 amide bonds. The lowest BCUT2D eigenvalue weighted by atomic mass is 10.0. The minimum Gasteiger partial charge on any atom is -0.476 e. The number of carbonyl (C=O) groups is 2. The molecule has 0 unspecified atom stereocenters. The van der Waals surface area contributed by atoms with Crippen LogP contribution in [-0.4, -0.2) is 62.9 Å². The third-order valence-corrected chi connectivity index (χ3v) is 5.55. The zero-order valence-electron chi connectivity index (χ0n) is 18.2. The first-order valence-corrected chi connectivity index (χ1v) is 11.0. The van der Waals surface area contributed by atoms with E-state index in [9.17, 15) is 9.59 Å². The van der Waals surface area contributed by atoms with Gasteiger partial charge >= 0.3 is 12.0 Å². The Bertz CT molecular complexity index is 1060. The number of benzene rings is 2. The molecule has 7 nitrogen and oxygen atoms in total. The van der Waals surface area contributed by atoms with Crippen molar-refractivity contribution in [2.24, 2.45) is 0 Å². The van der Waals surface area contributed by atoms with Gasteiger partial charge in [-0.05, 0) is 28.8 Å². The Morgan fingerprint density at radius 3 is 2.25 bits per heavy atom. The first kappa shape index (κ1) is 23.5. The highest BCUT2D eigenvalue weighted by molar-refractivity contribution is 6.31. The van der Waals surface area contributed by atoms with Crippen LogP contribution in [0, 0.1) is 0 Å². The Morgan fingerprint density at radius 2 is 1.66 bits per heavy atom. The van der Waals surface area contributed by atoms with Gasteiger partial charge in [0.2, 0.25) is 0 Å². The molecule has 1 fully saturated rings. The van der Waals surface area contributed by atoms with Gasteiger partial charge in [-0.15, -0.1) is 0 Å². The summed E-state index contributed by atoms with van der Waals surface area (Å²) in [5.74, 6) is -1.15. The number of aromatic nitrogens is 2. The maximum Gasteiger partial charge on any atom is 0.356 e. The van der Waals surface area contributed by atoms with Crippen LogP contribution in [0.5, 0.6) is 0 Å². The second kappa shape index (κ2) is 10.9. The third-order valence-electron chi connectivity index (χ3n) is 5.20. The van der Waals surface area contributed by atoms with Crippen LogP contribution in [0.3, 0.4) is 0 Å². The number of hydrogen-bond donors (Lipinski definition) is 1. The van der Waals surface area contributed by atoms with Gasteiger partial charge in [-0.3, -0.25) is 4.90 Å². The van der Waals surface area contributed by atoms with Gasteiger partial charge in [0.1, 0.15) is 0 Å². The lowest BCUT2D eigenvalue weighted by Crippen LogP contribution is -2.49. The highest BCUT2D eigenvalue weighted by Crippen LogP contribution is 2.26. The van der Waals surface area contributed by atoms with Gasteiger partial charge in [0.05, 0.1) is 0 Å². The van der Waals surface area contributed by atoms with Crippen molar-refractivity contribution in [1.82, 2.24) is 19.6 Å². The molecule has 0 aliphatic carbocycles. The maximum absolute atomic E-state index is 12.5. The number of carboxylic acids is 1. The molecule has 4 rings (SSSR count). The number of hydrogen-bond acceptors (Lipinski definition) is 4. The maximum atomic E-state index is 12.5. The number of amides is 1. The molecule has 32 heavy (non-hydrogen) atoms. The van der Waals surface area contributed by atoms with Gasteiger partial charge < -0.3 is 10.0 Å². The van der Waals surface area contributed by atoms with E-state index in [0.29, 0.717) is 32.7 Å². The summed E-state index contributed by atoms with van der Waals surface area (Å²) in [6.07, 6.45) is 1.38. The lowest BCUT2D eigenvalue weighted by molar-refractivity contribution is 0.0689. The fourth-order valence-corrected chi connectivity index (χ4v) is 3.75. The fraction of sp³-hybridized carbons (Fsp3) is 0.292. The first-order valence-electron chi connectivity index (χ1n) is 10.7. The summed E-state index contributed by atoms with van der Waals surface area (Å²) in [6.45, 7) is 7.20. The van der Waals surface area contributed by atoms with E-state index >= 15 is 0 Å². The van der Waals surface area contributed by atoms with Crippen molar-refractivity contribution < 1.29 is 14.7 Å².